The Morgan fingerprint density at radius 3 is 2.81 bits per heavy atom. The smallest absolute Gasteiger partial charge is 0.328 e. The minimum absolute atomic E-state index is 0.0460. The molecule has 2 rings (SSSR count). The summed E-state index contributed by atoms with van der Waals surface area (Å²) in [6, 6.07) is 5.49. The summed E-state index contributed by atoms with van der Waals surface area (Å²) >= 11 is 1.72. The maximum Gasteiger partial charge on any atom is 0.328 e. The van der Waals surface area contributed by atoms with Crippen LogP contribution in [-0.2, 0) is 9.59 Å². The van der Waals surface area contributed by atoms with E-state index in [4.69, 9.17) is 5.11 Å². The third-order valence-electron chi connectivity index (χ3n) is 3.40. The highest BCUT2D eigenvalue weighted by Gasteiger charge is 2.21. The molecule has 4 nitrogen and oxygen atoms in total. The lowest BCUT2D eigenvalue weighted by Crippen LogP contribution is -2.27. The van der Waals surface area contributed by atoms with Crippen molar-refractivity contribution in [1.82, 2.24) is 0 Å². The van der Waals surface area contributed by atoms with Gasteiger partial charge in [-0.2, -0.15) is 0 Å². The number of carboxylic acids is 1. The molecular formula is C16H19NO3S. The van der Waals surface area contributed by atoms with E-state index >= 15 is 0 Å². The zero-order valence-electron chi connectivity index (χ0n) is 12.0. The molecule has 5 heteroatoms. The molecule has 1 aliphatic rings. The number of carbonyl (C=O) groups is 2. The fraction of sp³-hybridized carbons (Fsp3) is 0.375. The highest BCUT2D eigenvalue weighted by molar-refractivity contribution is 8.00. The van der Waals surface area contributed by atoms with Gasteiger partial charge in [0.05, 0.1) is 5.25 Å². The van der Waals surface area contributed by atoms with Crippen LogP contribution in [0, 0.1) is 6.92 Å². The molecule has 1 atom stereocenters. The van der Waals surface area contributed by atoms with Gasteiger partial charge in [0.25, 0.3) is 0 Å². The van der Waals surface area contributed by atoms with E-state index in [1.54, 1.807) is 17.8 Å². The van der Waals surface area contributed by atoms with Gasteiger partial charge in [-0.1, -0.05) is 12.5 Å². The maximum absolute atomic E-state index is 12.2. The number of rotatable bonds is 4. The van der Waals surface area contributed by atoms with Gasteiger partial charge in [-0.25, -0.2) is 4.79 Å². The molecular weight excluding hydrogens is 286 g/mol. The van der Waals surface area contributed by atoms with Gasteiger partial charge in [-0.3, -0.25) is 4.79 Å². The predicted molar refractivity (Wildman–Crippen MR) is 86.6 cm³/mol. The highest BCUT2D eigenvalue weighted by atomic mass is 32.2. The number of thioether (sulfide) groups is 1. The van der Waals surface area contributed by atoms with Crippen LogP contribution in [0.25, 0.3) is 6.08 Å². The highest BCUT2D eigenvalue weighted by Crippen LogP contribution is 2.27. The largest absolute Gasteiger partial charge is 0.478 e. The minimum Gasteiger partial charge on any atom is -0.478 e. The molecule has 0 radical (unpaired) electrons. The molecule has 21 heavy (non-hydrogen) atoms. The number of aliphatic carboxylic acids is 1. The van der Waals surface area contributed by atoms with Gasteiger partial charge in [0.2, 0.25) is 5.91 Å². The second-order valence-electron chi connectivity index (χ2n) is 5.09. The number of benzene rings is 1. The predicted octanol–water partition coefficient (Wildman–Crippen LogP) is 3.32. The number of anilines is 1. The number of hydrogen-bond donors (Lipinski definition) is 2. The van der Waals surface area contributed by atoms with Crippen molar-refractivity contribution in [3.05, 3.63) is 35.4 Å². The first kappa shape index (κ1) is 15.6. The van der Waals surface area contributed by atoms with Gasteiger partial charge < -0.3 is 10.4 Å². The van der Waals surface area contributed by atoms with E-state index in [0.717, 1.165) is 41.5 Å². The van der Waals surface area contributed by atoms with Crippen molar-refractivity contribution in [2.45, 2.75) is 31.4 Å². The van der Waals surface area contributed by atoms with Crippen LogP contribution in [-0.4, -0.2) is 28.0 Å². The number of hydrogen-bond acceptors (Lipinski definition) is 3. The fourth-order valence-corrected chi connectivity index (χ4v) is 3.46. The summed E-state index contributed by atoms with van der Waals surface area (Å²) in [7, 11) is 0. The molecule has 0 spiro atoms. The summed E-state index contributed by atoms with van der Waals surface area (Å²) in [6.07, 6.45) is 5.89. The zero-order chi connectivity index (χ0) is 15.2. The topological polar surface area (TPSA) is 66.4 Å². The third kappa shape index (κ3) is 4.63. The molecule has 0 aromatic heterocycles. The molecule has 112 valence electrons. The number of carbonyl (C=O) groups excluding carboxylic acids is 1. The van der Waals surface area contributed by atoms with E-state index in [2.05, 4.69) is 5.32 Å². The van der Waals surface area contributed by atoms with Gasteiger partial charge in [0, 0.05) is 11.8 Å². The molecule has 0 bridgehead atoms. The van der Waals surface area contributed by atoms with Gasteiger partial charge in [0.1, 0.15) is 0 Å². The van der Waals surface area contributed by atoms with E-state index in [0.29, 0.717) is 0 Å². The number of aryl methyl sites for hydroxylation is 1. The normalized spacial score (nSPS) is 18.6. The maximum atomic E-state index is 12.2. The molecule has 0 aliphatic carbocycles. The Balaban J connectivity index is 2.03. The van der Waals surface area contributed by atoms with E-state index < -0.39 is 5.97 Å². The molecule has 1 fully saturated rings. The van der Waals surface area contributed by atoms with Crippen LogP contribution in [0.4, 0.5) is 5.69 Å². The lowest BCUT2D eigenvalue weighted by Gasteiger charge is -2.21. The van der Waals surface area contributed by atoms with Crippen molar-refractivity contribution in [3.63, 3.8) is 0 Å². The van der Waals surface area contributed by atoms with Crippen molar-refractivity contribution in [1.29, 1.82) is 0 Å². The Morgan fingerprint density at radius 2 is 2.19 bits per heavy atom. The van der Waals surface area contributed by atoms with Crippen LogP contribution in [0.5, 0.6) is 0 Å². The molecule has 1 aromatic carbocycles. The van der Waals surface area contributed by atoms with Gasteiger partial charge in [0.15, 0.2) is 0 Å². The summed E-state index contributed by atoms with van der Waals surface area (Å²) in [4.78, 5) is 22.7. The van der Waals surface area contributed by atoms with Crippen LogP contribution in [0.15, 0.2) is 24.3 Å². The van der Waals surface area contributed by atoms with E-state index in [1.165, 1.54) is 12.5 Å². The minimum atomic E-state index is -0.973. The van der Waals surface area contributed by atoms with Crippen molar-refractivity contribution < 1.29 is 14.7 Å². The molecule has 1 saturated heterocycles. The number of amides is 1. The van der Waals surface area contributed by atoms with Crippen LogP contribution in [0.3, 0.4) is 0 Å². The third-order valence-corrected chi connectivity index (χ3v) is 4.78. The van der Waals surface area contributed by atoms with Crippen molar-refractivity contribution in [3.8, 4) is 0 Å². The SMILES string of the molecule is Cc1cc(/C=C/C(=O)O)ccc1NC(=O)C1CCCCS1. The lowest BCUT2D eigenvalue weighted by atomic mass is 10.1. The first-order chi connectivity index (χ1) is 10.1. The first-order valence-corrected chi connectivity index (χ1v) is 8.05. The number of nitrogens with one attached hydrogen (secondary N) is 1. The van der Waals surface area contributed by atoms with E-state index in [9.17, 15) is 9.59 Å². The summed E-state index contributed by atoms with van der Waals surface area (Å²) in [5, 5.41) is 11.6. The average Bonchev–Trinajstić information content (AvgIpc) is 2.48. The Morgan fingerprint density at radius 1 is 1.38 bits per heavy atom. The fourth-order valence-electron chi connectivity index (χ4n) is 2.26. The standard InChI is InChI=1S/C16H19NO3S/c1-11-10-12(6-8-15(18)19)5-7-13(11)17-16(20)14-4-2-3-9-21-14/h5-8,10,14H,2-4,9H2,1H3,(H,17,20)(H,18,19)/b8-6+. The zero-order valence-corrected chi connectivity index (χ0v) is 12.8. The van der Waals surface area contributed by atoms with Crippen LogP contribution < -0.4 is 5.32 Å². The monoisotopic (exact) mass is 305 g/mol. The first-order valence-electron chi connectivity index (χ1n) is 7.00. The molecule has 1 aliphatic heterocycles. The van der Waals surface area contributed by atoms with Crippen LogP contribution >= 0.6 is 11.8 Å². The van der Waals surface area contributed by atoms with Gasteiger partial charge in [-0.05, 0) is 54.9 Å². The molecule has 1 unspecified atom stereocenters. The molecule has 1 heterocycles. The summed E-state index contributed by atoms with van der Waals surface area (Å²) in [5.74, 6) is 0.145. The lowest BCUT2D eigenvalue weighted by molar-refractivity contribution is -0.131. The second-order valence-corrected chi connectivity index (χ2v) is 6.40. The molecule has 0 saturated carbocycles. The van der Waals surface area contributed by atoms with E-state index in [1.807, 2.05) is 19.1 Å². The van der Waals surface area contributed by atoms with Crippen molar-refractivity contribution in [2.75, 3.05) is 11.1 Å². The van der Waals surface area contributed by atoms with Gasteiger partial charge in [-0.15, -0.1) is 11.8 Å². The molecule has 2 N–H and O–H groups in total. The average molecular weight is 305 g/mol. The molecule has 1 aromatic rings. The Bertz CT molecular complexity index is 563. The Hall–Kier alpha value is -1.75. The van der Waals surface area contributed by atoms with E-state index in [-0.39, 0.29) is 11.2 Å². The van der Waals surface area contributed by atoms with Crippen molar-refractivity contribution in [2.24, 2.45) is 0 Å². The summed E-state index contributed by atoms with van der Waals surface area (Å²) < 4.78 is 0. The Kier molecular flexibility index (Phi) is 5.44. The van der Waals surface area contributed by atoms with Crippen molar-refractivity contribution >= 4 is 35.4 Å². The molecule has 1 amide bonds. The quantitative estimate of drug-likeness (QED) is 0.838. The second kappa shape index (κ2) is 7.31. The Labute approximate surface area is 128 Å². The number of carboxylic acid groups (broad SMARTS) is 1. The van der Waals surface area contributed by atoms with Crippen LogP contribution in [0.2, 0.25) is 0 Å². The van der Waals surface area contributed by atoms with Gasteiger partial charge >= 0.3 is 5.97 Å². The summed E-state index contributed by atoms with van der Waals surface area (Å²) in [6.45, 7) is 1.90. The summed E-state index contributed by atoms with van der Waals surface area (Å²) in [5.41, 5.74) is 2.52. The van der Waals surface area contributed by atoms with Crippen LogP contribution in [0.1, 0.15) is 30.4 Å².